The Kier molecular flexibility index (Phi) is 6.88. The maximum atomic E-state index is 14.9. The molecule has 1 saturated heterocycles. The van der Waals surface area contributed by atoms with E-state index >= 15 is 0 Å². The number of carbonyl (C=O) groups excluding carboxylic acids is 1. The van der Waals surface area contributed by atoms with Crippen LogP contribution in [-0.2, 0) is 11.3 Å². The molecule has 0 bridgehead atoms. The van der Waals surface area contributed by atoms with Gasteiger partial charge in [-0.25, -0.2) is 4.39 Å². The quantitative estimate of drug-likeness (QED) is 0.220. The predicted octanol–water partition coefficient (Wildman–Crippen LogP) is 4.89. The fraction of sp³-hybridized carbons (Fsp3) is 0.222. The highest BCUT2D eigenvalue weighted by atomic mass is 19.1. The number of nitrogens with zero attached hydrogens (tertiary/aromatic N) is 4. The first-order valence-corrected chi connectivity index (χ1v) is 11.1. The molecule has 0 N–H and O–H groups in total. The normalized spacial score (nSPS) is 16.2. The fourth-order valence-electron chi connectivity index (χ4n) is 4.20. The molecule has 1 aromatic carbocycles. The molecule has 1 atom stereocenters. The first-order chi connectivity index (χ1) is 16.5. The molecule has 3 heterocycles. The average molecular weight is 457 g/mol. The first kappa shape index (κ1) is 23.0. The van der Waals surface area contributed by atoms with Crippen molar-refractivity contribution in [3.05, 3.63) is 79.1 Å². The molecule has 172 valence electrons. The molecule has 1 amide bonds. The highest BCUT2D eigenvalue weighted by Crippen LogP contribution is 2.31. The number of aromatic nitrogens is 3. The molecule has 1 aliphatic rings. The van der Waals surface area contributed by atoms with E-state index in [4.69, 9.17) is 16.3 Å². The Labute approximate surface area is 198 Å². The predicted molar refractivity (Wildman–Crippen MR) is 130 cm³/mol. The van der Waals surface area contributed by atoms with Crippen molar-refractivity contribution in [2.24, 2.45) is 0 Å². The molecule has 1 fully saturated rings. The monoisotopic (exact) mass is 456 g/mol. The van der Waals surface area contributed by atoms with Gasteiger partial charge in [-0.3, -0.25) is 14.5 Å². The van der Waals surface area contributed by atoms with Gasteiger partial charge in [0, 0.05) is 23.7 Å². The number of hydrogen-bond donors (Lipinski definition) is 0. The number of amides is 1. The van der Waals surface area contributed by atoms with Crippen LogP contribution in [0.25, 0.3) is 22.2 Å². The number of ether oxygens (including phenoxy) is 1. The van der Waals surface area contributed by atoms with Crippen LogP contribution in [-0.4, -0.2) is 38.2 Å². The van der Waals surface area contributed by atoms with Gasteiger partial charge in [-0.2, -0.15) is 5.10 Å². The van der Waals surface area contributed by atoms with Crippen LogP contribution < -0.4 is 4.74 Å². The number of pyridine rings is 1. The second-order valence-electron chi connectivity index (χ2n) is 7.90. The number of benzene rings is 1. The number of rotatable bonds is 7. The zero-order chi connectivity index (χ0) is 24.1. The van der Waals surface area contributed by atoms with Crippen molar-refractivity contribution in [1.82, 2.24) is 19.7 Å². The van der Waals surface area contributed by atoms with Crippen LogP contribution in [0.3, 0.4) is 0 Å². The third-order valence-electron chi connectivity index (χ3n) is 5.82. The first-order valence-electron chi connectivity index (χ1n) is 11.1. The summed E-state index contributed by atoms with van der Waals surface area (Å²) >= 11 is 0. The average Bonchev–Trinajstić information content (AvgIpc) is 3.47. The third kappa shape index (κ3) is 4.62. The van der Waals surface area contributed by atoms with Gasteiger partial charge in [-0.05, 0) is 68.3 Å². The maximum absolute atomic E-state index is 14.9. The molecular formula is C27H25FN4O2. The largest absolute Gasteiger partial charge is 0.458 e. The Morgan fingerprint density at radius 2 is 2.15 bits per heavy atom. The van der Waals surface area contributed by atoms with E-state index < -0.39 is 5.82 Å². The van der Waals surface area contributed by atoms with Gasteiger partial charge in [0.05, 0.1) is 18.8 Å². The van der Waals surface area contributed by atoms with Crippen LogP contribution in [0.1, 0.15) is 19.8 Å². The van der Waals surface area contributed by atoms with E-state index in [1.807, 2.05) is 37.3 Å². The smallest absolute Gasteiger partial charge is 0.246 e. The van der Waals surface area contributed by atoms with E-state index in [-0.39, 0.29) is 11.9 Å². The Hall–Kier alpha value is -4.18. The van der Waals surface area contributed by atoms with Crippen molar-refractivity contribution in [3.8, 4) is 29.4 Å². The Bertz CT molecular complexity index is 1310. The molecule has 0 aliphatic carbocycles. The Morgan fingerprint density at radius 1 is 1.35 bits per heavy atom. The molecule has 0 unspecified atom stereocenters. The van der Waals surface area contributed by atoms with Crippen LogP contribution in [0.2, 0.25) is 0 Å². The lowest BCUT2D eigenvalue weighted by Crippen LogP contribution is -2.37. The fourth-order valence-corrected chi connectivity index (χ4v) is 4.20. The number of fused-ring (bicyclic) bond motifs is 1. The minimum Gasteiger partial charge on any atom is -0.458 e. The van der Waals surface area contributed by atoms with Crippen LogP contribution in [0.4, 0.5) is 4.39 Å². The van der Waals surface area contributed by atoms with Crippen LogP contribution in [0, 0.1) is 18.2 Å². The minimum absolute atomic E-state index is 0.0693. The number of halogens is 1. The lowest BCUT2D eigenvalue weighted by Gasteiger charge is -2.23. The molecular weight excluding hydrogens is 431 g/mol. The van der Waals surface area contributed by atoms with Gasteiger partial charge in [0.2, 0.25) is 5.91 Å². The summed E-state index contributed by atoms with van der Waals surface area (Å²) < 4.78 is 22.3. The number of hydrogen-bond acceptors (Lipinski definition) is 4. The van der Waals surface area contributed by atoms with Gasteiger partial charge in [-0.15, -0.1) is 6.42 Å². The summed E-state index contributed by atoms with van der Waals surface area (Å²) in [5, 5.41) is 5.35. The zero-order valence-corrected chi connectivity index (χ0v) is 18.9. The van der Waals surface area contributed by atoms with Crippen LogP contribution in [0.5, 0.6) is 5.75 Å². The van der Waals surface area contributed by atoms with E-state index in [9.17, 15) is 9.18 Å². The highest BCUT2D eigenvalue weighted by molar-refractivity contribution is 5.93. The summed E-state index contributed by atoms with van der Waals surface area (Å²) in [7, 11) is 0. The molecule has 1 aliphatic heterocycles. The van der Waals surface area contributed by atoms with Crippen molar-refractivity contribution in [2.45, 2.75) is 32.4 Å². The van der Waals surface area contributed by atoms with Gasteiger partial charge in [-0.1, -0.05) is 12.5 Å². The molecule has 34 heavy (non-hydrogen) atoms. The molecule has 7 heteroatoms. The van der Waals surface area contributed by atoms with Crippen molar-refractivity contribution in [3.63, 3.8) is 0 Å². The number of likely N-dealkylation sites (tertiary alicyclic amines) is 1. The summed E-state index contributed by atoms with van der Waals surface area (Å²) in [4.78, 5) is 18.0. The van der Waals surface area contributed by atoms with Crippen molar-refractivity contribution in [1.29, 1.82) is 0 Å². The van der Waals surface area contributed by atoms with Gasteiger partial charge in [0.15, 0.2) is 5.82 Å². The number of carbonyl (C=O) groups is 1. The minimum atomic E-state index is -0.450. The topological polar surface area (TPSA) is 60.2 Å². The van der Waals surface area contributed by atoms with E-state index in [0.29, 0.717) is 41.2 Å². The van der Waals surface area contributed by atoms with E-state index in [2.05, 4.69) is 17.5 Å². The summed E-state index contributed by atoms with van der Waals surface area (Å²) in [6.07, 6.45) is 16.2. The molecule has 4 rings (SSSR count). The second kappa shape index (κ2) is 10.2. The van der Waals surface area contributed by atoms with E-state index in [1.54, 1.807) is 27.9 Å². The summed E-state index contributed by atoms with van der Waals surface area (Å²) in [5.41, 5.74) is 1.79. The SMILES string of the molecule is C#C/C=C\C(=C/C)Oc1ccc(-c2nn(C[C@@H]3CCCN3C(=O)C=C)c3c(F)cncc23)cc1. The Morgan fingerprint density at radius 3 is 2.85 bits per heavy atom. The van der Waals surface area contributed by atoms with E-state index in [1.165, 1.54) is 12.3 Å². The van der Waals surface area contributed by atoms with Crippen LogP contribution in [0.15, 0.2) is 73.3 Å². The zero-order valence-electron chi connectivity index (χ0n) is 18.9. The maximum Gasteiger partial charge on any atom is 0.246 e. The summed E-state index contributed by atoms with van der Waals surface area (Å²) in [5.74, 6) is 3.13. The second-order valence-corrected chi connectivity index (χ2v) is 7.90. The van der Waals surface area contributed by atoms with E-state index in [0.717, 1.165) is 18.4 Å². The molecule has 6 nitrogen and oxygen atoms in total. The lowest BCUT2D eigenvalue weighted by molar-refractivity contribution is -0.127. The molecule has 0 spiro atoms. The summed E-state index contributed by atoms with van der Waals surface area (Å²) in [6, 6.07) is 7.31. The van der Waals surface area contributed by atoms with Crippen molar-refractivity contribution < 1.29 is 13.9 Å². The van der Waals surface area contributed by atoms with Crippen LogP contribution >= 0.6 is 0 Å². The van der Waals surface area contributed by atoms with Gasteiger partial charge in [0.25, 0.3) is 0 Å². The molecule has 0 radical (unpaired) electrons. The van der Waals surface area contributed by atoms with Crippen molar-refractivity contribution in [2.75, 3.05) is 6.54 Å². The number of allylic oxidation sites excluding steroid dienone is 3. The third-order valence-corrected chi connectivity index (χ3v) is 5.82. The molecule has 3 aromatic rings. The standard InChI is InChI=1S/C27H25FN4O2/c1-4-7-10-21(5-2)34-22-13-11-19(12-14-22)26-23-16-29-17-24(28)27(23)32(30-26)18-20-9-8-15-31(20)25(33)6-3/h1,5-7,10-14,16-17,20H,3,8-9,15,18H2,2H3/b10-7-,21-5+/t20-/m0/s1. The number of terminal acetylenes is 1. The van der Waals surface area contributed by atoms with Gasteiger partial charge >= 0.3 is 0 Å². The lowest BCUT2D eigenvalue weighted by atomic mass is 10.1. The van der Waals surface area contributed by atoms with Gasteiger partial charge in [0.1, 0.15) is 22.7 Å². The van der Waals surface area contributed by atoms with Crippen molar-refractivity contribution >= 4 is 16.8 Å². The highest BCUT2D eigenvalue weighted by Gasteiger charge is 2.29. The molecule has 2 aromatic heterocycles. The summed E-state index contributed by atoms with van der Waals surface area (Å²) in [6.45, 7) is 6.51. The Balaban J connectivity index is 1.66. The van der Waals surface area contributed by atoms with Gasteiger partial charge < -0.3 is 9.64 Å². The molecule has 0 saturated carbocycles.